The summed E-state index contributed by atoms with van der Waals surface area (Å²) in [6.07, 6.45) is -4.74. The Morgan fingerprint density at radius 3 is 1.69 bits per heavy atom. The Morgan fingerprint density at radius 2 is 1.27 bits per heavy atom. The second kappa shape index (κ2) is 6.54. The number of rotatable bonds is 3. The maximum atomic E-state index is 14.2. The summed E-state index contributed by atoms with van der Waals surface area (Å²) in [5.74, 6) is -8.84. The molecular formula is C15H10F7NO2S. The normalized spacial score (nSPS) is 12.7. The van der Waals surface area contributed by atoms with Gasteiger partial charge < -0.3 is 0 Å². The zero-order valence-corrected chi connectivity index (χ0v) is 13.9. The van der Waals surface area contributed by atoms with Gasteiger partial charge >= 0.3 is 6.18 Å². The molecule has 0 aromatic heterocycles. The van der Waals surface area contributed by atoms with Gasteiger partial charge in [-0.1, -0.05) is 12.1 Å². The molecule has 0 bridgehead atoms. The van der Waals surface area contributed by atoms with Crippen LogP contribution in [-0.4, -0.2) is 26.8 Å². The predicted octanol–water partition coefficient (Wildman–Crippen LogP) is 4.18. The Balaban J connectivity index is 2.88. The zero-order valence-electron chi connectivity index (χ0n) is 13.1. The second-order valence-electron chi connectivity index (χ2n) is 5.32. The van der Waals surface area contributed by atoms with Gasteiger partial charge in [0.05, 0.1) is 5.56 Å². The van der Waals surface area contributed by atoms with E-state index in [1.54, 1.807) is 0 Å². The van der Waals surface area contributed by atoms with E-state index < -0.39 is 61.1 Å². The molecule has 0 fully saturated rings. The van der Waals surface area contributed by atoms with Crippen LogP contribution in [0.5, 0.6) is 0 Å². The van der Waals surface area contributed by atoms with Crippen LogP contribution in [0.2, 0.25) is 0 Å². The summed E-state index contributed by atoms with van der Waals surface area (Å²) in [5, 5.41) is 0. The first kappa shape index (κ1) is 20.2. The number of halogens is 7. The van der Waals surface area contributed by atoms with Crippen LogP contribution in [0.4, 0.5) is 30.7 Å². The highest BCUT2D eigenvalue weighted by Crippen LogP contribution is 2.38. The fraction of sp³-hybridized carbons (Fsp3) is 0.200. The molecule has 2 aromatic carbocycles. The molecule has 0 unspecified atom stereocenters. The fourth-order valence-corrected chi connectivity index (χ4v) is 3.27. The molecule has 142 valence electrons. The molecule has 0 radical (unpaired) electrons. The lowest BCUT2D eigenvalue weighted by molar-refractivity contribution is -0.137. The van der Waals surface area contributed by atoms with Crippen LogP contribution in [0.3, 0.4) is 0 Å². The molecule has 2 rings (SSSR count). The molecule has 26 heavy (non-hydrogen) atoms. The Kier molecular flexibility index (Phi) is 5.08. The largest absolute Gasteiger partial charge is 0.416 e. The van der Waals surface area contributed by atoms with Crippen LogP contribution >= 0.6 is 0 Å². The summed E-state index contributed by atoms with van der Waals surface area (Å²) in [5.41, 5.74) is -2.93. The Hall–Kier alpha value is -2.14. The maximum absolute atomic E-state index is 14.2. The van der Waals surface area contributed by atoms with Crippen LogP contribution in [0.1, 0.15) is 5.56 Å². The van der Waals surface area contributed by atoms with Crippen molar-refractivity contribution >= 4 is 10.0 Å². The summed E-state index contributed by atoms with van der Waals surface area (Å²) in [7, 11) is -2.93. The SMILES string of the molecule is CN(C)S(=O)(=O)c1c(F)c(F)c(F)c(F)c1-c1ccc(C(F)(F)F)cc1. The average Bonchev–Trinajstić information content (AvgIpc) is 2.55. The smallest absolute Gasteiger partial charge is 0.207 e. The Bertz CT molecular complexity index is 952. The topological polar surface area (TPSA) is 37.4 Å². The van der Waals surface area contributed by atoms with Gasteiger partial charge in [0.1, 0.15) is 4.90 Å². The molecule has 0 heterocycles. The minimum Gasteiger partial charge on any atom is -0.207 e. The van der Waals surface area contributed by atoms with E-state index in [0.29, 0.717) is 28.6 Å². The van der Waals surface area contributed by atoms with Crippen molar-refractivity contribution in [2.24, 2.45) is 0 Å². The van der Waals surface area contributed by atoms with E-state index in [0.717, 1.165) is 14.1 Å². The van der Waals surface area contributed by atoms with Gasteiger partial charge in [0, 0.05) is 19.7 Å². The van der Waals surface area contributed by atoms with Gasteiger partial charge in [0.15, 0.2) is 23.3 Å². The summed E-state index contributed by atoms with van der Waals surface area (Å²) in [6.45, 7) is 0. The first-order valence-electron chi connectivity index (χ1n) is 6.76. The summed E-state index contributed by atoms with van der Waals surface area (Å²) >= 11 is 0. The number of benzene rings is 2. The van der Waals surface area contributed by atoms with E-state index in [2.05, 4.69) is 0 Å². The first-order chi connectivity index (χ1) is 11.8. The van der Waals surface area contributed by atoms with Crippen molar-refractivity contribution in [1.82, 2.24) is 4.31 Å². The van der Waals surface area contributed by atoms with Gasteiger partial charge in [-0.05, 0) is 17.7 Å². The van der Waals surface area contributed by atoms with E-state index in [1.807, 2.05) is 0 Å². The van der Waals surface area contributed by atoms with E-state index in [-0.39, 0.29) is 0 Å². The van der Waals surface area contributed by atoms with Crippen molar-refractivity contribution in [3.05, 3.63) is 53.1 Å². The zero-order chi connectivity index (χ0) is 20.0. The molecule has 0 saturated carbocycles. The maximum Gasteiger partial charge on any atom is 0.416 e. The molecule has 3 nitrogen and oxygen atoms in total. The van der Waals surface area contributed by atoms with Crippen molar-refractivity contribution in [3.63, 3.8) is 0 Å². The third-order valence-electron chi connectivity index (χ3n) is 3.46. The lowest BCUT2D eigenvalue weighted by Crippen LogP contribution is -2.25. The summed E-state index contributed by atoms with van der Waals surface area (Å²) in [6, 6.07) is 2.21. The van der Waals surface area contributed by atoms with Crippen molar-refractivity contribution in [2.45, 2.75) is 11.1 Å². The molecule has 0 atom stereocenters. The number of nitrogens with zero attached hydrogens (tertiary/aromatic N) is 1. The molecule has 2 aromatic rings. The third kappa shape index (κ3) is 3.28. The highest BCUT2D eigenvalue weighted by molar-refractivity contribution is 7.89. The van der Waals surface area contributed by atoms with Crippen LogP contribution in [-0.2, 0) is 16.2 Å². The van der Waals surface area contributed by atoms with E-state index in [1.165, 1.54) is 0 Å². The van der Waals surface area contributed by atoms with Gasteiger partial charge in [-0.3, -0.25) is 0 Å². The standard InChI is InChI=1S/C15H10F7NO2S/c1-23(2)26(24,25)14-9(10(16)11(17)12(18)13(14)19)7-3-5-8(6-4-7)15(20,21)22/h3-6H,1-2H3. The van der Waals surface area contributed by atoms with Crippen LogP contribution in [0.15, 0.2) is 29.2 Å². The van der Waals surface area contributed by atoms with Crippen molar-refractivity contribution in [1.29, 1.82) is 0 Å². The van der Waals surface area contributed by atoms with Gasteiger partial charge in [-0.15, -0.1) is 0 Å². The number of hydrogen-bond acceptors (Lipinski definition) is 2. The minimum absolute atomic E-state index is 0.426. The molecule has 0 N–H and O–H groups in total. The molecule has 0 saturated heterocycles. The van der Waals surface area contributed by atoms with Gasteiger partial charge in [-0.25, -0.2) is 30.3 Å². The average molecular weight is 401 g/mol. The monoisotopic (exact) mass is 401 g/mol. The second-order valence-corrected chi connectivity index (χ2v) is 7.41. The summed E-state index contributed by atoms with van der Waals surface area (Å²) < 4.78 is 118. The molecule has 0 aliphatic rings. The third-order valence-corrected chi connectivity index (χ3v) is 5.32. The van der Waals surface area contributed by atoms with Crippen LogP contribution < -0.4 is 0 Å². The number of sulfonamides is 1. The minimum atomic E-state index is -4.80. The van der Waals surface area contributed by atoms with E-state index in [4.69, 9.17) is 0 Å². The quantitative estimate of drug-likeness (QED) is 0.440. The highest BCUT2D eigenvalue weighted by Gasteiger charge is 2.35. The van der Waals surface area contributed by atoms with E-state index in [9.17, 15) is 39.2 Å². The molecule has 0 spiro atoms. The van der Waals surface area contributed by atoms with Gasteiger partial charge in [0.25, 0.3) is 0 Å². The number of alkyl halides is 3. The predicted molar refractivity (Wildman–Crippen MR) is 77.6 cm³/mol. The number of hydrogen-bond donors (Lipinski definition) is 0. The van der Waals surface area contributed by atoms with Crippen molar-refractivity contribution < 1.29 is 39.2 Å². The van der Waals surface area contributed by atoms with E-state index >= 15 is 0 Å². The first-order valence-corrected chi connectivity index (χ1v) is 8.20. The molecule has 0 amide bonds. The summed E-state index contributed by atoms with van der Waals surface area (Å²) in [4.78, 5) is -1.52. The fourth-order valence-electron chi connectivity index (χ4n) is 2.12. The van der Waals surface area contributed by atoms with Gasteiger partial charge in [0.2, 0.25) is 10.0 Å². The molecule has 0 aliphatic carbocycles. The van der Waals surface area contributed by atoms with Crippen LogP contribution in [0.25, 0.3) is 11.1 Å². The molecule has 11 heteroatoms. The van der Waals surface area contributed by atoms with Gasteiger partial charge in [-0.2, -0.15) is 13.2 Å². The molecule has 0 aliphatic heterocycles. The highest BCUT2D eigenvalue weighted by atomic mass is 32.2. The molecular weight excluding hydrogens is 391 g/mol. The van der Waals surface area contributed by atoms with Crippen LogP contribution in [0, 0.1) is 23.3 Å². The Labute approximate surface area is 143 Å². The Morgan fingerprint density at radius 1 is 0.808 bits per heavy atom. The van der Waals surface area contributed by atoms with Crippen molar-refractivity contribution in [2.75, 3.05) is 14.1 Å². The van der Waals surface area contributed by atoms with Crippen molar-refractivity contribution in [3.8, 4) is 11.1 Å². The lowest BCUT2D eigenvalue weighted by atomic mass is 10.0. The lowest BCUT2D eigenvalue weighted by Gasteiger charge is -2.18.